The third kappa shape index (κ3) is 3.14. The number of anilines is 2. The number of hydrogen-bond acceptors (Lipinski definition) is 5. The lowest BCUT2D eigenvalue weighted by atomic mass is 10.1. The Kier molecular flexibility index (Phi) is 4.31. The molecule has 3 rings (SSSR count). The van der Waals surface area contributed by atoms with Crippen molar-refractivity contribution >= 4 is 39.1 Å². The number of rotatable bonds is 7. The van der Waals surface area contributed by atoms with E-state index in [9.17, 15) is 4.79 Å². The molecule has 0 aliphatic heterocycles. The predicted octanol–water partition coefficient (Wildman–Crippen LogP) is 4.52. The summed E-state index contributed by atoms with van der Waals surface area (Å²) in [4.78, 5) is 14.1. The SMILES string of the molecule is CCC(=O)c1sc(NCCc2cccs2)c(C2CC2)c1N. The maximum absolute atomic E-state index is 12.0. The van der Waals surface area contributed by atoms with Crippen LogP contribution in [0.2, 0.25) is 0 Å². The Morgan fingerprint density at radius 2 is 2.29 bits per heavy atom. The fourth-order valence-electron chi connectivity index (χ4n) is 2.49. The van der Waals surface area contributed by atoms with Gasteiger partial charge in [-0.25, -0.2) is 0 Å². The van der Waals surface area contributed by atoms with Gasteiger partial charge in [-0.15, -0.1) is 22.7 Å². The molecule has 2 aromatic rings. The molecule has 3 N–H and O–H groups in total. The fourth-order valence-corrected chi connectivity index (χ4v) is 4.44. The Hall–Kier alpha value is -1.33. The first-order valence-electron chi connectivity index (χ1n) is 7.42. The van der Waals surface area contributed by atoms with E-state index in [1.54, 1.807) is 22.7 Å². The minimum atomic E-state index is 0.158. The molecule has 0 aromatic carbocycles. The molecule has 2 heterocycles. The van der Waals surface area contributed by atoms with Gasteiger partial charge in [-0.05, 0) is 36.6 Å². The van der Waals surface area contributed by atoms with E-state index in [0.29, 0.717) is 12.3 Å². The van der Waals surface area contributed by atoms with Gasteiger partial charge in [0.25, 0.3) is 0 Å². The van der Waals surface area contributed by atoms with Gasteiger partial charge in [-0.1, -0.05) is 13.0 Å². The van der Waals surface area contributed by atoms with Gasteiger partial charge >= 0.3 is 0 Å². The highest BCUT2D eigenvalue weighted by Gasteiger charge is 2.32. The maximum atomic E-state index is 12.0. The summed E-state index contributed by atoms with van der Waals surface area (Å²) >= 11 is 3.32. The monoisotopic (exact) mass is 320 g/mol. The van der Waals surface area contributed by atoms with Crippen LogP contribution in [0.1, 0.15) is 52.2 Å². The number of nitrogen functional groups attached to an aromatic ring is 1. The molecule has 0 amide bonds. The first-order valence-corrected chi connectivity index (χ1v) is 9.12. The molecule has 3 nitrogen and oxygen atoms in total. The van der Waals surface area contributed by atoms with Crippen LogP contribution >= 0.6 is 22.7 Å². The van der Waals surface area contributed by atoms with E-state index >= 15 is 0 Å². The van der Waals surface area contributed by atoms with Crippen LogP contribution in [0.5, 0.6) is 0 Å². The smallest absolute Gasteiger partial charge is 0.174 e. The number of ketones is 1. The van der Waals surface area contributed by atoms with Crippen molar-refractivity contribution in [3.05, 3.63) is 32.8 Å². The zero-order valence-electron chi connectivity index (χ0n) is 12.1. The van der Waals surface area contributed by atoms with Crippen LogP contribution in [0.3, 0.4) is 0 Å². The molecule has 2 aromatic heterocycles. The van der Waals surface area contributed by atoms with Crippen LogP contribution in [0.15, 0.2) is 17.5 Å². The number of carbonyl (C=O) groups is 1. The third-order valence-electron chi connectivity index (χ3n) is 3.78. The second-order valence-corrected chi connectivity index (χ2v) is 7.45. The Labute approximate surface area is 133 Å². The second kappa shape index (κ2) is 6.20. The van der Waals surface area contributed by atoms with E-state index in [4.69, 9.17) is 5.73 Å². The first-order chi connectivity index (χ1) is 10.2. The van der Waals surface area contributed by atoms with Crippen LogP contribution in [0, 0.1) is 0 Å². The van der Waals surface area contributed by atoms with Crippen molar-refractivity contribution in [1.29, 1.82) is 0 Å². The number of hydrogen-bond donors (Lipinski definition) is 2. The molecule has 5 heteroatoms. The Morgan fingerprint density at radius 1 is 1.48 bits per heavy atom. The van der Waals surface area contributed by atoms with Gasteiger partial charge < -0.3 is 11.1 Å². The van der Waals surface area contributed by atoms with Gasteiger partial charge in [0.05, 0.1) is 15.6 Å². The minimum Gasteiger partial charge on any atom is -0.397 e. The van der Waals surface area contributed by atoms with E-state index in [1.807, 2.05) is 6.92 Å². The molecule has 1 aliphatic carbocycles. The summed E-state index contributed by atoms with van der Waals surface area (Å²) in [7, 11) is 0. The number of Topliss-reactive ketones (excluding diaryl/α,β-unsaturated/α-hetero) is 1. The molecule has 1 aliphatic rings. The summed E-state index contributed by atoms with van der Waals surface area (Å²) in [6.45, 7) is 2.78. The zero-order valence-corrected chi connectivity index (χ0v) is 13.8. The lowest BCUT2D eigenvalue weighted by Crippen LogP contribution is -2.04. The molecule has 112 valence electrons. The van der Waals surface area contributed by atoms with Gasteiger partial charge in [-0.2, -0.15) is 0 Å². The van der Waals surface area contributed by atoms with Gasteiger partial charge in [0.2, 0.25) is 0 Å². The zero-order chi connectivity index (χ0) is 14.8. The molecule has 21 heavy (non-hydrogen) atoms. The van der Waals surface area contributed by atoms with E-state index in [1.165, 1.54) is 23.3 Å². The van der Waals surface area contributed by atoms with Crippen LogP contribution < -0.4 is 11.1 Å². The summed E-state index contributed by atoms with van der Waals surface area (Å²) in [6, 6.07) is 4.24. The van der Waals surface area contributed by atoms with E-state index < -0.39 is 0 Å². The maximum Gasteiger partial charge on any atom is 0.174 e. The number of carbonyl (C=O) groups excluding carboxylic acids is 1. The molecular formula is C16H20N2OS2. The lowest BCUT2D eigenvalue weighted by Gasteiger charge is -2.06. The standard InChI is InChI=1S/C16H20N2OS2/c1-2-12(19)15-14(17)13(10-5-6-10)16(21-15)18-8-7-11-4-3-9-20-11/h3-4,9-10,18H,2,5-8,17H2,1H3. The molecule has 0 saturated heterocycles. The average molecular weight is 320 g/mol. The highest BCUT2D eigenvalue weighted by Crippen LogP contribution is 2.51. The minimum absolute atomic E-state index is 0.158. The Balaban J connectivity index is 1.75. The van der Waals surface area contributed by atoms with Crippen molar-refractivity contribution in [2.45, 2.75) is 38.5 Å². The van der Waals surface area contributed by atoms with E-state index in [2.05, 4.69) is 22.8 Å². The Bertz CT molecular complexity index is 627. The van der Waals surface area contributed by atoms with Crippen LogP contribution in [0.4, 0.5) is 10.7 Å². The van der Waals surface area contributed by atoms with Crippen LogP contribution in [-0.4, -0.2) is 12.3 Å². The molecule has 0 unspecified atom stereocenters. The summed E-state index contributed by atoms with van der Waals surface area (Å²) in [5.74, 6) is 0.717. The van der Waals surface area contributed by atoms with Crippen molar-refractivity contribution < 1.29 is 4.79 Å². The molecule has 1 saturated carbocycles. The average Bonchev–Trinajstić information content (AvgIpc) is 3.07. The normalized spacial score (nSPS) is 14.3. The topological polar surface area (TPSA) is 55.1 Å². The van der Waals surface area contributed by atoms with Crippen molar-refractivity contribution in [2.24, 2.45) is 0 Å². The molecule has 0 spiro atoms. The second-order valence-electron chi connectivity index (χ2n) is 5.39. The Morgan fingerprint density at radius 3 is 2.90 bits per heavy atom. The van der Waals surface area contributed by atoms with Gasteiger partial charge in [0.1, 0.15) is 0 Å². The highest BCUT2D eigenvalue weighted by atomic mass is 32.1. The van der Waals surface area contributed by atoms with Crippen LogP contribution in [0.25, 0.3) is 0 Å². The van der Waals surface area contributed by atoms with Crippen molar-refractivity contribution in [2.75, 3.05) is 17.6 Å². The van der Waals surface area contributed by atoms with Crippen molar-refractivity contribution in [3.63, 3.8) is 0 Å². The largest absolute Gasteiger partial charge is 0.397 e. The quantitative estimate of drug-likeness (QED) is 0.738. The summed E-state index contributed by atoms with van der Waals surface area (Å²) in [6.07, 6.45) is 3.92. The molecule has 0 atom stereocenters. The first kappa shape index (κ1) is 14.6. The molecule has 0 bridgehead atoms. The third-order valence-corrected chi connectivity index (χ3v) is 5.94. The van der Waals surface area contributed by atoms with Gasteiger partial charge in [0, 0.05) is 23.4 Å². The lowest BCUT2D eigenvalue weighted by molar-refractivity contribution is 0.0993. The van der Waals surface area contributed by atoms with Crippen molar-refractivity contribution in [1.82, 2.24) is 0 Å². The molecule has 0 radical (unpaired) electrons. The van der Waals surface area contributed by atoms with Crippen molar-refractivity contribution in [3.8, 4) is 0 Å². The van der Waals surface area contributed by atoms with Gasteiger partial charge in [-0.3, -0.25) is 4.79 Å². The summed E-state index contributed by atoms with van der Waals surface area (Å²) in [5, 5.41) is 6.72. The molecule has 1 fully saturated rings. The highest BCUT2D eigenvalue weighted by molar-refractivity contribution is 7.18. The predicted molar refractivity (Wildman–Crippen MR) is 91.8 cm³/mol. The summed E-state index contributed by atoms with van der Waals surface area (Å²) < 4.78 is 0. The number of thiophene rings is 2. The van der Waals surface area contributed by atoms with E-state index in [0.717, 1.165) is 28.5 Å². The summed E-state index contributed by atoms with van der Waals surface area (Å²) in [5.41, 5.74) is 8.17. The molecular weight excluding hydrogens is 300 g/mol. The van der Waals surface area contributed by atoms with Crippen LogP contribution in [-0.2, 0) is 6.42 Å². The number of nitrogens with one attached hydrogen (secondary N) is 1. The number of nitrogens with two attached hydrogens (primary N) is 1. The fraction of sp³-hybridized carbons (Fsp3) is 0.438. The van der Waals surface area contributed by atoms with E-state index in [-0.39, 0.29) is 5.78 Å². The van der Waals surface area contributed by atoms with Gasteiger partial charge in [0.15, 0.2) is 5.78 Å².